The fraction of sp³-hybridized carbons (Fsp3) is 0.867. The lowest BCUT2D eigenvalue weighted by atomic mass is 9.35. The number of hydrogen-bond donors (Lipinski definition) is 2. The number of carbonyl (C=O) groups is 2. The molecule has 5 rings (SSSR count). The molecule has 35 heavy (non-hydrogen) atoms. The van der Waals surface area contributed by atoms with E-state index in [1.54, 1.807) is 0 Å². The summed E-state index contributed by atoms with van der Waals surface area (Å²) in [6.07, 6.45) is 7.46. The zero-order chi connectivity index (χ0) is 25.8. The number of aliphatic hydroxyl groups excluding tert-OH is 2. The molecule has 1 saturated heterocycles. The van der Waals surface area contributed by atoms with Gasteiger partial charge < -0.3 is 19.7 Å². The van der Waals surface area contributed by atoms with Crippen LogP contribution in [0.2, 0.25) is 0 Å². The van der Waals surface area contributed by atoms with E-state index in [0.717, 1.165) is 32.0 Å². The topological polar surface area (TPSA) is 87.1 Å². The van der Waals surface area contributed by atoms with E-state index in [0.29, 0.717) is 31.1 Å². The highest BCUT2D eigenvalue weighted by molar-refractivity contribution is 5.87. The molecule has 1 aliphatic heterocycles. The number of ether oxygens (including phenoxy) is 1. The molecule has 5 aliphatic rings. The molecule has 4 saturated carbocycles. The lowest BCUT2D eigenvalue weighted by Gasteiger charge is -2.69. The van der Waals surface area contributed by atoms with Gasteiger partial charge in [0, 0.05) is 23.2 Å². The molecule has 1 heterocycles. The van der Waals surface area contributed by atoms with Gasteiger partial charge in [0.25, 0.3) is 0 Å². The van der Waals surface area contributed by atoms with Gasteiger partial charge >= 0.3 is 0 Å². The summed E-state index contributed by atoms with van der Waals surface area (Å²) >= 11 is 0. The van der Waals surface area contributed by atoms with Crippen molar-refractivity contribution in [2.45, 2.75) is 117 Å². The Balaban J connectivity index is 1.49. The second-order valence-electron chi connectivity index (χ2n) is 14.4. The summed E-state index contributed by atoms with van der Waals surface area (Å²) in [5.41, 5.74) is -0.382. The van der Waals surface area contributed by atoms with Crippen LogP contribution in [0, 0.1) is 45.3 Å². The molecule has 196 valence electrons. The molecule has 2 N–H and O–H groups in total. The summed E-state index contributed by atoms with van der Waals surface area (Å²) < 4.78 is 5.67. The van der Waals surface area contributed by atoms with Gasteiger partial charge in [-0.3, -0.25) is 4.79 Å². The molecule has 0 radical (unpaired) electrons. The quantitative estimate of drug-likeness (QED) is 0.336. The predicted octanol–water partition coefficient (Wildman–Crippen LogP) is 4.88. The van der Waals surface area contributed by atoms with Gasteiger partial charge in [-0.15, -0.1) is 0 Å². The van der Waals surface area contributed by atoms with Gasteiger partial charge in [-0.2, -0.15) is 0 Å². The first-order valence-corrected chi connectivity index (χ1v) is 13.9. The Morgan fingerprint density at radius 2 is 1.69 bits per heavy atom. The van der Waals surface area contributed by atoms with Gasteiger partial charge in [0.15, 0.2) is 0 Å². The highest BCUT2D eigenvalue weighted by Gasteiger charge is 2.72. The molecule has 4 aliphatic carbocycles. The van der Waals surface area contributed by atoms with Crippen LogP contribution in [0.5, 0.6) is 0 Å². The summed E-state index contributed by atoms with van der Waals surface area (Å²) in [5, 5.41) is 22.6. The number of aldehydes is 1. The molecule has 0 amide bonds. The Labute approximate surface area is 211 Å². The van der Waals surface area contributed by atoms with E-state index in [2.05, 4.69) is 20.8 Å². The zero-order valence-electron chi connectivity index (χ0n) is 22.8. The molecule has 0 unspecified atom stereocenters. The summed E-state index contributed by atoms with van der Waals surface area (Å²) in [5.74, 6) is 0.778. The highest BCUT2D eigenvalue weighted by Crippen LogP contribution is 2.75. The number of ketones is 1. The van der Waals surface area contributed by atoms with E-state index < -0.39 is 23.0 Å². The van der Waals surface area contributed by atoms with E-state index in [1.807, 2.05) is 33.8 Å². The molecule has 0 aromatic carbocycles. The Bertz CT molecular complexity index is 950. The van der Waals surface area contributed by atoms with E-state index in [9.17, 15) is 19.8 Å². The fourth-order valence-electron chi connectivity index (χ4n) is 10.1. The van der Waals surface area contributed by atoms with E-state index in [4.69, 9.17) is 4.74 Å². The second-order valence-corrected chi connectivity index (χ2v) is 14.4. The van der Waals surface area contributed by atoms with Gasteiger partial charge in [-0.25, -0.2) is 0 Å². The Hall–Kier alpha value is -1.04. The standard InChI is InChI=1S/C30H46O5/c1-17(14-21(33)25-27(4,5)35-25)18-8-11-28(6)19(18)15-20(32)24-29(28,7)12-9-22-26(2,3)23(34)10-13-30(22,24)16-31/h14,16,18-22,24-25,32-33H,8-13,15H2,1-7H3/b17-14+/t18-,19-,20-,21+,22+,24+,25-,28-,29-,30-/m1/s1. The SMILES string of the molecule is C/C(=C\[C@H](O)[C@H]1OC1(C)C)[C@H]1CC[C@]2(C)[C@@H]1C[C@@H](O)[C@@H]1[C@@]3(C=O)CCC(=O)C(C)(C)[C@@H]3CC[C@]12C. The van der Waals surface area contributed by atoms with Crippen molar-refractivity contribution < 1.29 is 24.5 Å². The molecule has 5 nitrogen and oxygen atoms in total. The summed E-state index contributed by atoms with van der Waals surface area (Å²) in [4.78, 5) is 25.9. The van der Waals surface area contributed by atoms with Crippen LogP contribution < -0.4 is 0 Å². The third-order valence-corrected chi connectivity index (χ3v) is 12.3. The number of fused-ring (bicyclic) bond motifs is 5. The van der Waals surface area contributed by atoms with Crippen LogP contribution in [0.15, 0.2) is 11.6 Å². The first kappa shape index (κ1) is 25.6. The summed E-state index contributed by atoms with van der Waals surface area (Å²) in [6, 6.07) is 0. The first-order chi connectivity index (χ1) is 16.2. The van der Waals surface area contributed by atoms with E-state index in [1.165, 1.54) is 5.57 Å². The third-order valence-electron chi connectivity index (χ3n) is 12.3. The lowest BCUT2D eigenvalue weighted by molar-refractivity contribution is -0.231. The molecule has 0 aromatic heterocycles. The molecule has 0 aromatic rings. The number of Topliss-reactive ketones (excluding diaryl/α,β-unsaturated/α-hetero) is 1. The van der Waals surface area contributed by atoms with Gasteiger partial charge in [0.1, 0.15) is 24.3 Å². The second kappa shape index (κ2) is 7.74. The van der Waals surface area contributed by atoms with Crippen molar-refractivity contribution in [1.29, 1.82) is 0 Å². The minimum Gasteiger partial charge on any atom is -0.393 e. The van der Waals surface area contributed by atoms with Crippen LogP contribution in [-0.2, 0) is 14.3 Å². The van der Waals surface area contributed by atoms with Crippen molar-refractivity contribution in [2.75, 3.05) is 0 Å². The Morgan fingerprint density at radius 1 is 1.06 bits per heavy atom. The average molecular weight is 487 g/mol. The molecular weight excluding hydrogens is 440 g/mol. The summed E-state index contributed by atoms with van der Waals surface area (Å²) in [6.45, 7) is 14.9. The Kier molecular flexibility index (Phi) is 5.66. The van der Waals surface area contributed by atoms with Crippen LogP contribution in [0.3, 0.4) is 0 Å². The molecule has 10 atom stereocenters. The molecule has 5 fully saturated rings. The number of rotatable bonds is 4. The number of carbonyl (C=O) groups excluding carboxylic acids is 2. The first-order valence-electron chi connectivity index (χ1n) is 13.9. The highest BCUT2D eigenvalue weighted by atomic mass is 16.6. The average Bonchev–Trinajstić information content (AvgIpc) is 3.28. The molecule has 5 heteroatoms. The van der Waals surface area contributed by atoms with Gasteiger partial charge in [-0.1, -0.05) is 39.3 Å². The number of allylic oxidation sites excluding steroid dienone is 1. The maximum atomic E-state index is 13.0. The minimum atomic E-state index is -0.633. The molecular formula is C30H46O5. The molecule has 0 bridgehead atoms. The van der Waals surface area contributed by atoms with Gasteiger partial charge in [0.2, 0.25) is 0 Å². The number of aliphatic hydroxyl groups is 2. The van der Waals surface area contributed by atoms with E-state index >= 15 is 0 Å². The number of hydrogen-bond acceptors (Lipinski definition) is 5. The van der Waals surface area contributed by atoms with Crippen LogP contribution >= 0.6 is 0 Å². The predicted molar refractivity (Wildman–Crippen MR) is 135 cm³/mol. The van der Waals surface area contributed by atoms with Crippen molar-refractivity contribution in [3.8, 4) is 0 Å². The van der Waals surface area contributed by atoms with Crippen molar-refractivity contribution in [1.82, 2.24) is 0 Å². The summed E-state index contributed by atoms with van der Waals surface area (Å²) in [7, 11) is 0. The van der Waals surface area contributed by atoms with E-state index in [-0.39, 0.29) is 40.2 Å². The monoisotopic (exact) mass is 486 g/mol. The van der Waals surface area contributed by atoms with Crippen LogP contribution in [0.4, 0.5) is 0 Å². The minimum absolute atomic E-state index is 0.00231. The molecule has 0 spiro atoms. The van der Waals surface area contributed by atoms with Crippen LogP contribution in [0.25, 0.3) is 0 Å². The van der Waals surface area contributed by atoms with Crippen LogP contribution in [-0.4, -0.2) is 46.2 Å². The third kappa shape index (κ3) is 3.29. The van der Waals surface area contributed by atoms with Crippen molar-refractivity contribution >= 4 is 12.1 Å². The van der Waals surface area contributed by atoms with Gasteiger partial charge in [-0.05, 0) is 87.9 Å². The maximum Gasteiger partial charge on any atom is 0.138 e. The lowest BCUT2D eigenvalue weighted by Crippen LogP contribution is -2.68. The van der Waals surface area contributed by atoms with Crippen LogP contribution in [0.1, 0.15) is 93.4 Å². The maximum absolute atomic E-state index is 13.0. The zero-order valence-corrected chi connectivity index (χ0v) is 22.8. The van der Waals surface area contributed by atoms with Crippen molar-refractivity contribution in [3.05, 3.63) is 11.6 Å². The van der Waals surface area contributed by atoms with Crippen molar-refractivity contribution in [3.63, 3.8) is 0 Å². The smallest absolute Gasteiger partial charge is 0.138 e. The Morgan fingerprint density at radius 3 is 2.29 bits per heavy atom. The fourth-order valence-corrected chi connectivity index (χ4v) is 10.1. The van der Waals surface area contributed by atoms with Crippen molar-refractivity contribution in [2.24, 2.45) is 45.3 Å². The largest absolute Gasteiger partial charge is 0.393 e. The number of epoxide rings is 1. The normalized spacial score (nSPS) is 51.1. The van der Waals surface area contributed by atoms with Gasteiger partial charge in [0.05, 0.1) is 11.7 Å².